The first-order chi connectivity index (χ1) is 23.7. The number of nitrogens with zero attached hydrogens (tertiary/aromatic N) is 2. The Morgan fingerprint density at radius 3 is 2.49 bits per heavy atom. The number of carbonyl (C=O) groups excluding carboxylic acids is 1. The number of halogens is 3. The topological polar surface area (TPSA) is 91.2 Å². The highest BCUT2D eigenvalue weighted by Gasteiger charge is 2.32. The Bertz CT molecular complexity index is 2250. The van der Waals surface area contributed by atoms with Crippen molar-refractivity contribution in [2.45, 2.75) is 26.5 Å². The van der Waals surface area contributed by atoms with Crippen molar-refractivity contribution in [2.24, 2.45) is 4.99 Å². The number of nitrogens with one attached hydrogen (secondary N) is 1. The van der Waals surface area contributed by atoms with Crippen molar-refractivity contribution in [1.29, 1.82) is 0 Å². The Hall–Kier alpha value is -4.10. The van der Waals surface area contributed by atoms with Crippen molar-refractivity contribution < 1.29 is 19.0 Å². The molecule has 1 atom stereocenters. The first kappa shape index (κ1) is 34.8. The van der Waals surface area contributed by atoms with Gasteiger partial charge in [-0.05, 0) is 102 Å². The van der Waals surface area contributed by atoms with Gasteiger partial charge in [0, 0.05) is 21.3 Å². The van der Waals surface area contributed by atoms with Crippen LogP contribution in [0, 0.1) is 3.57 Å². The molecule has 4 aromatic carbocycles. The number of amides is 1. The molecule has 250 valence electrons. The van der Waals surface area contributed by atoms with Crippen molar-refractivity contribution >= 4 is 74.8 Å². The van der Waals surface area contributed by atoms with Crippen molar-refractivity contribution in [3.8, 4) is 17.2 Å². The van der Waals surface area contributed by atoms with Crippen LogP contribution in [0.3, 0.4) is 0 Å². The molecule has 1 amide bonds. The number of thiazole rings is 1. The van der Waals surface area contributed by atoms with Gasteiger partial charge in [0.15, 0.2) is 16.3 Å². The number of para-hydroxylation sites is 1. The van der Waals surface area contributed by atoms with Gasteiger partial charge in [-0.15, -0.1) is 0 Å². The molecule has 0 saturated carbocycles. The Morgan fingerprint density at radius 1 is 1.04 bits per heavy atom. The van der Waals surface area contributed by atoms with Crippen LogP contribution in [0.25, 0.3) is 6.08 Å². The lowest BCUT2D eigenvalue weighted by Crippen LogP contribution is -2.40. The summed E-state index contributed by atoms with van der Waals surface area (Å²) in [5, 5.41) is 4.03. The van der Waals surface area contributed by atoms with Gasteiger partial charge < -0.3 is 19.5 Å². The highest BCUT2D eigenvalue weighted by Crippen LogP contribution is 2.36. The van der Waals surface area contributed by atoms with E-state index in [2.05, 4.69) is 27.9 Å². The molecule has 6 rings (SSSR count). The number of rotatable bonds is 10. The normalized spacial score (nSPS) is 14.2. The van der Waals surface area contributed by atoms with Gasteiger partial charge in [0.25, 0.3) is 11.5 Å². The number of hydrogen-bond acceptors (Lipinski definition) is 7. The van der Waals surface area contributed by atoms with E-state index < -0.39 is 6.04 Å². The van der Waals surface area contributed by atoms with Gasteiger partial charge in [-0.3, -0.25) is 14.2 Å². The monoisotopic (exact) mass is 825 g/mol. The Balaban J connectivity index is 1.40. The van der Waals surface area contributed by atoms with Gasteiger partial charge >= 0.3 is 0 Å². The van der Waals surface area contributed by atoms with Gasteiger partial charge in [0.2, 0.25) is 0 Å². The largest absolute Gasteiger partial charge is 0.494 e. The highest BCUT2D eigenvalue weighted by atomic mass is 127. The number of anilines is 1. The molecule has 8 nitrogen and oxygen atoms in total. The number of carbonyl (C=O) groups is 1. The third kappa shape index (κ3) is 7.57. The molecule has 0 saturated heterocycles. The summed E-state index contributed by atoms with van der Waals surface area (Å²) in [5.41, 5.74) is 3.54. The van der Waals surface area contributed by atoms with E-state index in [1.165, 1.54) is 11.3 Å². The summed E-state index contributed by atoms with van der Waals surface area (Å²) in [7, 11) is 1.56. The summed E-state index contributed by atoms with van der Waals surface area (Å²) in [5.74, 6) is 1.41. The molecule has 0 bridgehead atoms. The third-order valence-corrected chi connectivity index (χ3v) is 10.1. The first-order valence-electron chi connectivity index (χ1n) is 15.2. The zero-order chi connectivity index (χ0) is 34.7. The van der Waals surface area contributed by atoms with Crippen LogP contribution in [-0.2, 0) is 11.4 Å². The maximum Gasteiger partial charge on any atom is 0.271 e. The fourth-order valence-electron chi connectivity index (χ4n) is 5.46. The van der Waals surface area contributed by atoms with Crippen molar-refractivity contribution in [2.75, 3.05) is 19.0 Å². The Morgan fingerprint density at radius 2 is 1.80 bits per heavy atom. The van der Waals surface area contributed by atoms with E-state index in [-0.39, 0.29) is 18.1 Å². The second-order valence-corrected chi connectivity index (χ2v) is 14.0. The van der Waals surface area contributed by atoms with E-state index in [0.717, 1.165) is 20.3 Å². The molecular weight excluding hydrogens is 796 g/mol. The van der Waals surface area contributed by atoms with Gasteiger partial charge in [0.1, 0.15) is 12.4 Å². The van der Waals surface area contributed by atoms with E-state index in [9.17, 15) is 9.59 Å². The number of allylic oxidation sites excluding steroid dienone is 1. The smallest absolute Gasteiger partial charge is 0.271 e. The SMILES string of the molecule is CCOc1ccc([C@@H]2C(C(=O)Nc3ccccc3)=C(C)N=c3s/c(=C\c4cc(I)c(OCc5ccc(Cl)cc5Cl)c(OC)c4)c(=O)n32)cc1. The second-order valence-electron chi connectivity index (χ2n) is 11.0. The van der Waals surface area contributed by atoms with Crippen molar-refractivity contribution in [1.82, 2.24) is 4.57 Å². The zero-order valence-electron chi connectivity index (χ0n) is 26.6. The molecule has 0 aliphatic carbocycles. The van der Waals surface area contributed by atoms with Crippen LogP contribution in [-0.4, -0.2) is 24.2 Å². The molecule has 0 spiro atoms. The zero-order valence-corrected chi connectivity index (χ0v) is 31.1. The van der Waals surface area contributed by atoms with Gasteiger partial charge in [-0.2, -0.15) is 0 Å². The van der Waals surface area contributed by atoms with E-state index in [0.29, 0.717) is 60.2 Å². The van der Waals surface area contributed by atoms with E-state index in [1.54, 1.807) is 36.8 Å². The number of benzene rings is 4. The minimum atomic E-state index is -0.720. The van der Waals surface area contributed by atoms with E-state index >= 15 is 0 Å². The molecule has 1 aromatic heterocycles. The fraction of sp³-hybridized carbons (Fsp3) is 0.162. The van der Waals surface area contributed by atoms with Gasteiger partial charge in [0.05, 0.1) is 39.1 Å². The van der Waals surface area contributed by atoms with E-state index in [4.69, 9.17) is 42.4 Å². The average molecular weight is 827 g/mol. The van der Waals surface area contributed by atoms with Crippen LogP contribution in [0.2, 0.25) is 10.0 Å². The molecule has 0 fully saturated rings. The van der Waals surface area contributed by atoms with Crippen molar-refractivity contribution in [3.05, 3.63) is 146 Å². The molecule has 5 aromatic rings. The van der Waals surface area contributed by atoms with Crippen molar-refractivity contribution in [3.63, 3.8) is 0 Å². The molecule has 49 heavy (non-hydrogen) atoms. The Labute approximate surface area is 310 Å². The molecule has 1 aliphatic heterocycles. The molecule has 12 heteroatoms. The third-order valence-electron chi connectivity index (χ3n) is 7.74. The molecule has 2 heterocycles. The summed E-state index contributed by atoms with van der Waals surface area (Å²) in [6, 6.07) is 24.9. The number of fused-ring (bicyclic) bond motifs is 1. The number of ether oxygens (including phenoxy) is 3. The van der Waals surface area contributed by atoms with E-state index in [1.807, 2.05) is 79.7 Å². The van der Waals surface area contributed by atoms with Crippen LogP contribution in [0.1, 0.15) is 36.6 Å². The predicted octanol–water partition coefficient (Wildman–Crippen LogP) is 7.77. The van der Waals surface area contributed by atoms with Crippen LogP contribution >= 0.6 is 57.1 Å². The van der Waals surface area contributed by atoms with Gasteiger partial charge in [-0.1, -0.05) is 70.9 Å². The minimum absolute atomic E-state index is 0.214. The molecule has 1 N–H and O–H groups in total. The summed E-state index contributed by atoms with van der Waals surface area (Å²) in [6.07, 6.45) is 1.80. The van der Waals surface area contributed by atoms with Crippen LogP contribution in [0.4, 0.5) is 5.69 Å². The Kier molecular flexibility index (Phi) is 10.8. The number of hydrogen-bond donors (Lipinski definition) is 1. The van der Waals surface area contributed by atoms with Crippen LogP contribution < -0.4 is 34.4 Å². The lowest BCUT2D eigenvalue weighted by Gasteiger charge is -2.25. The lowest BCUT2D eigenvalue weighted by atomic mass is 9.95. The number of aromatic nitrogens is 1. The maximum atomic E-state index is 14.2. The average Bonchev–Trinajstić information content (AvgIpc) is 3.38. The van der Waals surface area contributed by atoms with Crippen LogP contribution in [0.5, 0.6) is 17.2 Å². The number of methoxy groups -OCH3 is 1. The summed E-state index contributed by atoms with van der Waals surface area (Å²) >= 11 is 15.8. The second kappa shape index (κ2) is 15.2. The predicted molar refractivity (Wildman–Crippen MR) is 203 cm³/mol. The molecule has 1 aliphatic rings. The maximum absolute atomic E-state index is 14.2. The highest BCUT2D eigenvalue weighted by molar-refractivity contribution is 14.1. The molecule has 0 radical (unpaired) electrons. The minimum Gasteiger partial charge on any atom is -0.494 e. The molecular formula is C37H30Cl2IN3O5S. The van der Waals surface area contributed by atoms with Gasteiger partial charge in [-0.25, -0.2) is 4.99 Å². The quantitative estimate of drug-likeness (QED) is 0.146. The summed E-state index contributed by atoms with van der Waals surface area (Å²) < 4.78 is 20.3. The fourth-order valence-corrected chi connectivity index (χ4v) is 7.75. The van der Waals surface area contributed by atoms with Crippen LogP contribution in [0.15, 0.2) is 106 Å². The lowest BCUT2D eigenvalue weighted by molar-refractivity contribution is -0.113. The summed E-state index contributed by atoms with van der Waals surface area (Å²) in [4.78, 5) is 33.4. The standard InChI is InChI=1S/C37H30Cl2IN3O5S/c1-4-47-27-14-11-23(12-15-27)33-32(35(44)42-26-8-6-5-7-9-26)21(2)41-37-43(33)36(45)31(49-37)18-22-16-29(40)34(30(17-22)46-3)48-20-24-10-13-25(38)19-28(24)39/h5-19,33H,4,20H2,1-3H3,(H,42,44)/b31-18-/t33-/m1/s1. The molecule has 0 unspecified atom stereocenters. The first-order valence-corrected chi connectivity index (χ1v) is 17.9. The summed E-state index contributed by atoms with van der Waals surface area (Å²) in [6.45, 7) is 4.44.